The van der Waals surface area contributed by atoms with Crippen LogP contribution in [0.4, 0.5) is 0 Å². The predicted molar refractivity (Wildman–Crippen MR) is 94.9 cm³/mol. The van der Waals surface area contributed by atoms with Gasteiger partial charge in [0, 0.05) is 36.3 Å². The number of aliphatic carboxylic acids is 1. The maximum absolute atomic E-state index is 12.9. The lowest BCUT2D eigenvalue weighted by Gasteiger charge is -2.34. The molecule has 3 atom stereocenters. The van der Waals surface area contributed by atoms with Crippen molar-refractivity contribution < 1.29 is 19.5 Å². The van der Waals surface area contributed by atoms with E-state index in [-0.39, 0.29) is 23.8 Å². The summed E-state index contributed by atoms with van der Waals surface area (Å²) in [7, 11) is 0. The highest BCUT2D eigenvalue weighted by Crippen LogP contribution is 2.33. The van der Waals surface area contributed by atoms with E-state index in [9.17, 15) is 19.5 Å². The van der Waals surface area contributed by atoms with Crippen LogP contribution in [0.2, 0.25) is 0 Å². The number of nitrogens with zero attached hydrogens (tertiary/aromatic N) is 2. The number of thioether (sulfide) groups is 2. The van der Waals surface area contributed by atoms with Gasteiger partial charge in [0.05, 0.1) is 11.8 Å². The highest BCUT2D eigenvalue weighted by Gasteiger charge is 2.41. The standard InChI is InChI=1S/C16H24N2O4S2/c19-14(11-2-1-3-12(8-11)16(21)22)18-10-24-9-13(18)15(20)17-4-6-23-7-5-17/h11-13H,1-10H2,(H,21,22). The van der Waals surface area contributed by atoms with E-state index in [0.29, 0.717) is 24.5 Å². The van der Waals surface area contributed by atoms with Gasteiger partial charge in [-0.3, -0.25) is 14.4 Å². The zero-order chi connectivity index (χ0) is 17.1. The first-order valence-electron chi connectivity index (χ1n) is 8.55. The Labute approximate surface area is 150 Å². The van der Waals surface area contributed by atoms with Gasteiger partial charge in [0.25, 0.3) is 0 Å². The van der Waals surface area contributed by atoms with Crippen molar-refractivity contribution in [2.75, 3.05) is 36.2 Å². The van der Waals surface area contributed by atoms with Crippen molar-refractivity contribution in [3.8, 4) is 0 Å². The van der Waals surface area contributed by atoms with Crippen LogP contribution in [0.3, 0.4) is 0 Å². The molecule has 24 heavy (non-hydrogen) atoms. The summed E-state index contributed by atoms with van der Waals surface area (Å²) in [6.45, 7) is 1.52. The number of hydrogen-bond donors (Lipinski definition) is 1. The minimum atomic E-state index is -0.804. The minimum Gasteiger partial charge on any atom is -0.481 e. The fourth-order valence-electron chi connectivity index (χ4n) is 3.73. The molecule has 0 aromatic rings. The molecule has 8 heteroatoms. The first kappa shape index (κ1) is 17.9. The first-order valence-corrected chi connectivity index (χ1v) is 10.9. The molecule has 2 amide bonds. The molecule has 3 unspecified atom stereocenters. The summed E-state index contributed by atoms with van der Waals surface area (Å²) in [5.41, 5.74) is 0. The monoisotopic (exact) mass is 372 g/mol. The van der Waals surface area contributed by atoms with Gasteiger partial charge in [0.2, 0.25) is 11.8 Å². The van der Waals surface area contributed by atoms with Gasteiger partial charge in [-0.1, -0.05) is 6.42 Å². The van der Waals surface area contributed by atoms with Gasteiger partial charge in [0.15, 0.2) is 0 Å². The van der Waals surface area contributed by atoms with Crippen molar-refractivity contribution in [3.63, 3.8) is 0 Å². The van der Waals surface area contributed by atoms with E-state index >= 15 is 0 Å². The second kappa shape index (κ2) is 7.99. The topological polar surface area (TPSA) is 77.9 Å². The molecule has 0 aromatic carbocycles. The van der Waals surface area contributed by atoms with Crippen LogP contribution in [0.25, 0.3) is 0 Å². The summed E-state index contributed by atoms with van der Waals surface area (Å²) in [6.07, 6.45) is 2.58. The molecule has 1 N–H and O–H groups in total. The second-order valence-corrected chi connectivity index (χ2v) is 8.88. The molecule has 6 nitrogen and oxygen atoms in total. The third-order valence-corrected chi connectivity index (χ3v) is 7.10. The van der Waals surface area contributed by atoms with Crippen LogP contribution in [-0.4, -0.2) is 75.0 Å². The summed E-state index contributed by atoms with van der Waals surface area (Å²) < 4.78 is 0. The van der Waals surface area contributed by atoms with Crippen molar-refractivity contribution in [1.29, 1.82) is 0 Å². The maximum Gasteiger partial charge on any atom is 0.306 e. The van der Waals surface area contributed by atoms with Crippen LogP contribution in [0.5, 0.6) is 0 Å². The van der Waals surface area contributed by atoms with Crippen LogP contribution in [0, 0.1) is 11.8 Å². The Morgan fingerprint density at radius 1 is 0.958 bits per heavy atom. The van der Waals surface area contributed by atoms with E-state index in [1.54, 1.807) is 16.7 Å². The fraction of sp³-hybridized carbons (Fsp3) is 0.812. The Morgan fingerprint density at radius 3 is 2.38 bits per heavy atom. The fourth-order valence-corrected chi connectivity index (χ4v) is 5.79. The third-order valence-electron chi connectivity index (χ3n) is 5.15. The molecule has 1 aliphatic carbocycles. The normalized spacial score (nSPS) is 31.1. The maximum atomic E-state index is 12.9. The minimum absolute atomic E-state index is 0.0179. The first-order chi connectivity index (χ1) is 11.6. The number of carbonyl (C=O) groups excluding carboxylic acids is 2. The van der Waals surface area contributed by atoms with Crippen molar-refractivity contribution >= 4 is 41.3 Å². The number of carboxylic acid groups (broad SMARTS) is 1. The van der Waals surface area contributed by atoms with Crippen LogP contribution in [0.1, 0.15) is 25.7 Å². The van der Waals surface area contributed by atoms with Crippen molar-refractivity contribution in [2.45, 2.75) is 31.7 Å². The van der Waals surface area contributed by atoms with Gasteiger partial charge < -0.3 is 14.9 Å². The molecule has 1 saturated carbocycles. The number of hydrogen-bond acceptors (Lipinski definition) is 5. The van der Waals surface area contributed by atoms with E-state index in [0.717, 1.165) is 37.4 Å². The van der Waals surface area contributed by atoms with Crippen molar-refractivity contribution in [1.82, 2.24) is 9.80 Å². The summed E-state index contributed by atoms with van der Waals surface area (Å²) in [5.74, 6) is 1.71. The van der Waals surface area contributed by atoms with E-state index in [2.05, 4.69) is 0 Å². The van der Waals surface area contributed by atoms with E-state index < -0.39 is 11.9 Å². The van der Waals surface area contributed by atoms with E-state index in [4.69, 9.17) is 0 Å². The lowest BCUT2D eigenvalue weighted by atomic mass is 9.80. The Hall–Kier alpha value is -0.890. The average molecular weight is 373 g/mol. The zero-order valence-electron chi connectivity index (χ0n) is 13.7. The third kappa shape index (κ3) is 3.85. The largest absolute Gasteiger partial charge is 0.481 e. The van der Waals surface area contributed by atoms with Gasteiger partial charge in [-0.05, 0) is 19.3 Å². The summed E-state index contributed by atoms with van der Waals surface area (Å²) >= 11 is 3.47. The van der Waals surface area contributed by atoms with Crippen molar-refractivity contribution in [2.24, 2.45) is 11.8 Å². The van der Waals surface area contributed by atoms with Gasteiger partial charge >= 0.3 is 5.97 Å². The molecule has 2 aliphatic heterocycles. The van der Waals surface area contributed by atoms with Crippen LogP contribution in [0.15, 0.2) is 0 Å². The molecule has 2 saturated heterocycles. The van der Waals surface area contributed by atoms with Crippen LogP contribution >= 0.6 is 23.5 Å². The smallest absolute Gasteiger partial charge is 0.306 e. The quantitative estimate of drug-likeness (QED) is 0.806. The number of rotatable bonds is 3. The Balaban J connectivity index is 1.64. The highest BCUT2D eigenvalue weighted by atomic mass is 32.2. The van der Waals surface area contributed by atoms with E-state index in [1.807, 2.05) is 16.7 Å². The molecule has 3 rings (SSSR count). The number of carboxylic acids is 1. The Kier molecular flexibility index (Phi) is 5.97. The lowest BCUT2D eigenvalue weighted by molar-refractivity contribution is -0.149. The Bertz CT molecular complexity index is 510. The number of carbonyl (C=O) groups is 3. The molecule has 134 valence electrons. The molecular formula is C16H24N2O4S2. The molecule has 0 bridgehead atoms. The molecule has 0 spiro atoms. The summed E-state index contributed by atoms with van der Waals surface area (Å²) in [4.78, 5) is 40.5. The lowest BCUT2D eigenvalue weighted by Crippen LogP contribution is -2.52. The van der Waals surface area contributed by atoms with Crippen molar-refractivity contribution in [3.05, 3.63) is 0 Å². The predicted octanol–water partition coefficient (Wildman–Crippen LogP) is 1.35. The van der Waals surface area contributed by atoms with Gasteiger partial charge in [-0.25, -0.2) is 0 Å². The zero-order valence-corrected chi connectivity index (χ0v) is 15.3. The molecule has 3 aliphatic rings. The average Bonchev–Trinajstić information content (AvgIpc) is 3.11. The Morgan fingerprint density at radius 2 is 1.67 bits per heavy atom. The summed E-state index contributed by atoms with van der Waals surface area (Å²) in [5, 5.41) is 9.22. The SMILES string of the molecule is O=C(O)C1CCCC(C(=O)N2CSCC2C(=O)N2CCSCC2)C1. The molecule has 2 heterocycles. The molecule has 0 aromatic heterocycles. The number of amides is 2. The molecule has 3 fully saturated rings. The highest BCUT2D eigenvalue weighted by molar-refractivity contribution is 7.99. The second-order valence-electron chi connectivity index (χ2n) is 6.66. The molecule has 0 radical (unpaired) electrons. The van der Waals surface area contributed by atoms with Crippen LogP contribution in [-0.2, 0) is 14.4 Å². The van der Waals surface area contributed by atoms with E-state index in [1.165, 1.54) is 0 Å². The van der Waals surface area contributed by atoms with Gasteiger partial charge in [-0.15, -0.1) is 11.8 Å². The summed E-state index contributed by atoms with van der Waals surface area (Å²) in [6, 6.07) is -0.365. The van der Waals surface area contributed by atoms with Gasteiger partial charge in [-0.2, -0.15) is 11.8 Å². The van der Waals surface area contributed by atoms with Crippen LogP contribution < -0.4 is 0 Å². The van der Waals surface area contributed by atoms with Gasteiger partial charge in [0.1, 0.15) is 6.04 Å². The molecular weight excluding hydrogens is 348 g/mol.